The molecule has 1 amide bonds. The van der Waals surface area contributed by atoms with E-state index in [-0.39, 0.29) is 11.8 Å². The number of para-hydroxylation sites is 1. The second kappa shape index (κ2) is 5.52. The number of carbonyl (C=O) groups is 1. The van der Waals surface area contributed by atoms with Crippen molar-refractivity contribution in [3.05, 3.63) is 59.7 Å². The minimum Gasteiger partial charge on any atom is -0.325 e. The monoisotopic (exact) mass is 278 g/mol. The van der Waals surface area contributed by atoms with E-state index >= 15 is 0 Å². The van der Waals surface area contributed by atoms with Gasteiger partial charge in [0.05, 0.1) is 5.69 Å². The zero-order valence-electron chi connectivity index (χ0n) is 12.2. The molecule has 1 aliphatic heterocycles. The van der Waals surface area contributed by atoms with Crippen molar-refractivity contribution in [3.63, 3.8) is 0 Å². The number of aliphatic imine (C=N–C) groups is 1. The maximum absolute atomic E-state index is 12.0. The van der Waals surface area contributed by atoms with Gasteiger partial charge in [-0.1, -0.05) is 44.2 Å². The zero-order chi connectivity index (χ0) is 14.8. The Hall–Kier alpha value is -2.42. The quantitative estimate of drug-likeness (QED) is 0.838. The van der Waals surface area contributed by atoms with Crippen LogP contribution in [0.4, 0.5) is 11.4 Å². The van der Waals surface area contributed by atoms with Gasteiger partial charge in [0.15, 0.2) is 0 Å². The lowest BCUT2D eigenvalue weighted by Crippen LogP contribution is -2.12. The Labute approximate surface area is 124 Å². The average Bonchev–Trinajstić information content (AvgIpc) is 2.81. The summed E-state index contributed by atoms with van der Waals surface area (Å²) >= 11 is 0. The van der Waals surface area contributed by atoms with E-state index in [0.717, 1.165) is 16.9 Å². The molecule has 1 N–H and O–H groups in total. The lowest BCUT2D eigenvalue weighted by atomic mass is 10.0. The largest absolute Gasteiger partial charge is 0.325 e. The van der Waals surface area contributed by atoms with E-state index in [1.807, 2.05) is 36.4 Å². The van der Waals surface area contributed by atoms with E-state index < -0.39 is 0 Å². The number of anilines is 1. The molecule has 2 aromatic carbocycles. The molecule has 0 saturated carbocycles. The Morgan fingerprint density at radius 3 is 2.52 bits per heavy atom. The number of hydrogen-bond acceptors (Lipinski definition) is 2. The van der Waals surface area contributed by atoms with Crippen molar-refractivity contribution < 1.29 is 4.79 Å². The topological polar surface area (TPSA) is 41.5 Å². The highest BCUT2D eigenvalue weighted by Gasteiger charge is 2.28. The fraction of sp³-hybridized carbons (Fsp3) is 0.222. The summed E-state index contributed by atoms with van der Waals surface area (Å²) in [7, 11) is 0. The van der Waals surface area contributed by atoms with Crippen LogP contribution in [-0.2, 0) is 4.79 Å². The Balaban J connectivity index is 1.81. The second-order valence-corrected chi connectivity index (χ2v) is 5.58. The number of carbonyl (C=O) groups excluding carboxylic acids is 1. The van der Waals surface area contributed by atoms with Crippen LogP contribution in [-0.4, -0.2) is 12.1 Å². The minimum absolute atomic E-state index is 0.0150. The first kappa shape index (κ1) is 13.6. The van der Waals surface area contributed by atoms with Crippen molar-refractivity contribution in [2.45, 2.75) is 25.7 Å². The van der Waals surface area contributed by atoms with Crippen molar-refractivity contribution in [1.82, 2.24) is 0 Å². The van der Waals surface area contributed by atoms with Gasteiger partial charge in [0.2, 0.25) is 5.91 Å². The molecule has 3 heteroatoms. The van der Waals surface area contributed by atoms with E-state index in [1.165, 1.54) is 5.56 Å². The molecule has 0 spiro atoms. The first-order chi connectivity index (χ1) is 10.1. The van der Waals surface area contributed by atoms with Gasteiger partial charge in [0, 0.05) is 11.9 Å². The third-order valence-corrected chi connectivity index (χ3v) is 3.77. The number of amides is 1. The van der Waals surface area contributed by atoms with Crippen LogP contribution in [0.1, 0.15) is 36.8 Å². The van der Waals surface area contributed by atoms with Gasteiger partial charge >= 0.3 is 0 Å². The molecule has 0 bridgehead atoms. The standard InChI is InChI=1S/C18H18N2O/c1-12(2)13-7-9-14(10-8-13)19-11-16-15-5-3-4-6-17(15)20-18(16)21/h3-12,16H,1-2H3,(H,20,21). The second-order valence-electron chi connectivity index (χ2n) is 5.58. The molecule has 1 heterocycles. The Morgan fingerprint density at radius 1 is 1.10 bits per heavy atom. The maximum atomic E-state index is 12.0. The highest BCUT2D eigenvalue weighted by Crippen LogP contribution is 2.31. The van der Waals surface area contributed by atoms with Gasteiger partial charge in [-0.25, -0.2) is 0 Å². The fourth-order valence-corrected chi connectivity index (χ4v) is 2.49. The van der Waals surface area contributed by atoms with Crippen LogP contribution in [0, 0.1) is 0 Å². The molecular weight excluding hydrogens is 260 g/mol. The summed E-state index contributed by atoms with van der Waals surface area (Å²) in [4.78, 5) is 16.4. The van der Waals surface area contributed by atoms with Gasteiger partial charge < -0.3 is 5.32 Å². The summed E-state index contributed by atoms with van der Waals surface area (Å²) in [6.45, 7) is 4.33. The van der Waals surface area contributed by atoms with E-state index in [2.05, 4.69) is 36.3 Å². The summed E-state index contributed by atoms with van der Waals surface area (Å²) < 4.78 is 0. The molecule has 106 valence electrons. The van der Waals surface area contributed by atoms with Crippen LogP contribution in [0.3, 0.4) is 0 Å². The van der Waals surface area contributed by atoms with Gasteiger partial charge in [-0.05, 0) is 35.2 Å². The molecule has 0 fully saturated rings. The predicted molar refractivity (Wildman–Crippen MR) is 86.5 cm³/mol. The van der Waals surface area contributed by atoms with Crippen LogP contribution in [0.25, 0.3) is 0 Å². The van der Waals surface area contributed by atoms with Gasteiger partial charge in [-0.15, -0.1) is 0 Å². The summed E-state index contributed by atoms with van der Waals surface area (Å²) in [5, 5.41) is 2.88. The molecule has 1 unspecified atom stereocenters. The highest BCUT2D eigenvalue weighted by molar-refractivity contribution is 6.12. The molecule has 0 saturated heterocycles. The van der Waals surface area contributed by atoms with Crippen LogP contribution >= 0.6 is 0 Å². The lowest BCUT2D eigenvalue weighted by Gasteiger charge is -2.05. The summed E-state index contributed by atoms with van der Waals surface area (Å²) in [5.74, 6) is 0.195. The highest BCUT2D eigenvalue weighted by atomic mass is 16.2. The van der Waals surface area contributed by atoms with Crippen molar-refractivity contribution in [1.29, 1.82) is 0 Å². The van der Waals surface area contributed by atoms with Crippen molar-refractivity contribution in [2.24, 2.45) is 4.99 Å². The number of rotatable bonds is 3. The Kier molecular flexibility index (Phi) is 3.57. The minimum atomic E-state index is -0.300. The van der Waals surface area contributed by atoms with Crippen molar-refractivity contribution in [2.75, 3.05) is 5.32 Å². The number of nitrogens with zero attached hydrogens (tertiary/aromatic N) is 1. The molecule has 21 heavy (non-hydrogen) atoms. The van der Waals surface area contributed by atoms with Crippen LogP contribution in [0.2, 0.25) is 0 Å². The number of hydrogen-bond donors (Lipinski definition) is 1. The number of fused-ring (bicyclic) bond motifs is 1. The smallest absolute Gasteiger partial charge is 0.237 e. The molecule has 3 nitrogen and oxygen atoms in total. The first-order valence-corrected chi connectivity index (χ1v) is 7.19. The van der Waals surface area contributed by atoms with E-state index in [9.17, 15) is 4.79 Å². The van der Waals surface area contributed by atoms with Crippen molar-refractivity contribution in [3.8, 4) is 0 Å². The molecular formula is C18H18N2O. The van der Waals surface area contributed by atoms with E-state index in [1.54, 1.807) is 6.21 Å². The summed E-state index contributed by atoms with van der Waals surface area (Å²) in [6, 6.07) is 15.9. The Bertz CT molecular complexity index is 687. The molecule has 0 aliphatic carbocycles. The van der Waals surface area contributed by atoms with Crippen LogP contribution in [0.15, 0.2) is 53.5 Å². The average molecular weight is 278 g/mol. The number of benzene rings is 2. The van der Waals surface area contributed by atoms with E-state index in [4.69, 9.17) is 0 Å². The fourth-order valence-electron chi connectivity index (χ4n) is 2.49. The third kappa shape index (κ3) is 2.72. The molecule has 2 aromatic rings. The first-order valence-electron chi connectivity index (χ1n) is 7.19. The SMILES string of the molecule is CC(C)c1ccc(N=CC2C(=O)Nc3ccccc32)cc1. The van der Waals surface area contributed by atoms with Gasteiger partial charge in [0.25, 0.3) is 0 Å². The van der Waals surface area contributed by atoms with Gasteiger partial charge in [0.1, 0.15) is 5.92 Å². The predicted octanol–water partition coefficient (Wildman–Crippen LogP) is 4.25. The molecule has 0 aromatic heterocycles. The summed E-state index contributed by atoms with van der Waals surface area (Å²) in [6.07, 6.45) is 1.73. The van der Waals surface area contributed by atoms with Gasteiger partial charge in [-0.3, -0.25) is 9.79 Å². The van der Waals surface area contributed by atoms with Crippen LogP contribution < -0.4 is 5.32 Å². The van der Waals surface area contributed by atoms with Crippen molar-refractivity contribution >= 4 is 23.5 Å². The lowest BCUT2D eigenvalue weighted by molar-refractivity contribution is -0.115. The number of nitrogens with one attached hydrogen (secondary N) is 1. The van der Waals surface area contributed by atoms with E-state index in [0.29, 0.717) is 5.92 Å². The third-order valence-electron chi connectivity index (χ3n) is 3.77. The normalized spacial score (nSPS) is 17.3. The van der Waals surface area contributed by atoms with Crippen LogP contribution in [0.5, 0.6) is 0 Å². The maximum Gasteiger partial charge on any atom is 0.237 e. The Morgan fingerprint density at radius 2 is 1.81 bits per heavy atom. The van der Waals surface area contributed by atoms with Gasteiger partial charge in [-0.2, -0.15) is 0 Å². The molecule has 1 aliphatic rings. The molecule has 1 atom stereocenters. The zero-order valence-corrected chi connectivity index (χ0v) is 12.2. The summed E-state index contributed by atoms with van der Waals surface area (Å²) in [5.41, 5.74) is 4.04. The molecule has 0 radical (unpaired) electrons. The molecule has 3 rings (SSSR count).